The number of pyridine rings is 2. The van der Waals surface area contributed by atoms with Crippen molar-refractivity contribution in [3.05, 3.63) is 59.4 Å². The number of nitrogens with one attached hydrogen (secondary N) is 2. The van der Waals surface area contributed by atoms with Crippen molar-refractivity contribution in [1.82, 2.24) is 24.6 Å². The number of halogens is 1. The van der Waals surface area contributed by atoms with Crippen LogP contribution in [0.25, 0.3) is 21.9 Å². The van der Waals surface area contributed by atoms with Crippen molar-refractivity contribution < 1.29 is 14.3 Å². The van der Waals surface area contributed by atoms with Crippen molar-refractivity contribution in [2.45, 2.75) is 39.8 Å². The van der Waals surface area contributed by atoms with Crippen molar-refractivity contribution in [1.29, 1.82) is 0 Å². The Hall–Kier alpha value is -4.05. The molecule has 4 aromatic rings. The van der Waals surface area contributed by atoms with E-state index in [4.69, 9.17) is 0 Å². The molecule has 0 aliphatic carbocycles. The number of fused-ring (bicyclic) bond motifs is 3. The first kappa shape index (κ1) is 24.3. The normalized spacial score (nSPS) is 18.5. The van der Waals surface area contributed by atoms with E-state index in [0.29, 0.717) is 46.9 Å². The van der Waals surface area contributed by atoms with E-state index in [9.17, 15) is 9.90 Å². The van der Waals surface area contributed by atoms with Crippen LogP contribution in [0.5, 0.6) is 0 Å². The maximum Gasteiger partial charge on any atom is 0.244 e. The lowest BCUT2D eigenvalue weighted by Crippen LogP contribution is -2.36. The lowest BCUT2D eigenvalue weighted by Gasteiger charge is -2.37. The van der Waals surface area contributed by atoms with Crippen LogP contribution in [-0.4, -0.2) is 55.8 Å². The monoisotopic (exact) mass is 515 g/mol. The van der Waals surface area contributed by atoms with Crippen LogP contribution < -0.4 is 10.6 Å². The number of carbonyl (C=O) groups excluding carboxylic acids is 1. The molecule has 0 spiro atoms. The Morgan fingerprint density at radius 3 is 2.74 bits per heavy atom. The molecule has 9 nitrogen and oxygen atoms in total. The predicted octanol–water partition coefficient (Wildman–Crippen LogP) is 4.18. The zero-order chi connectivity index (χ0) is 26.8. The van der Waals surface area contributed by atoms with E-state index in [-0.39, 0.29) is 23.7 Å². The van der Waals surface area contributed by atoms with Crippen LogP contribution in [0, 0.1) is 18.2 Å². The molecule has 0 fully saturated rings. The smallest absolute Gasteiger partial charge is 0.244 e. The molecule has 0 saturated carbocycles. The second-order valence-electron chi connectivity index (χ2n) is 10.9. The quantitative estimate of drug-likeness (QED) is 0.376. The molecule has 3 N–H and O–H groups in total. The van der Waals surface area contributed by atoms with Crippen LogP contribution in [0.2, 0.25) is 0 Å². The van der Waals surface area contributed by atoms with Crippen LogP contribution in [0.4, 0.5) is 21.7 Å². The number of rotatable bonds is 3. The summed E-state index contributed by atoms with van der Waals surface area (Å²) in [5.41, 5.74) is 3.92. The molecule has 0 radical (unpaired) electrons. The predicted molar refractivity (Wildman–Crippen MR) is 144 cm³/mol. The SMILES string of the molecule is Cc1c(-c2cc3cc(Nc4cc5n(n4)CC(=O)N(C)CC5)ncc3cc2F)cnc2c1NCC(C)(C)C2O. The van der Waals surface area contributed by atoms with Crippen molar-refractivity contribution in [3.63, 3.8) is 0 Å². The summed E-state index contributed by atoms with van der Waals surface area (Å²) in [6.45, 7) is 7.34. The van der Waals surface area contributed by atoms with Crippen LogP contribution in [0.15, 0.2) is 36.7 Å². The first-order valence-corrected chi connectivity index (χ1v) is 12.7. The molecule has 196 valence electrons. The molecule has 1 aromatic carbocycles. The number of hydrogen-bond acceptors (Lipinski definition) is 7. The zero-order valence-electron chi connectivity index (χ0n) is 21.8. The third kappa shape index (κ3) is 4.05. The van der Waals surface area contributed by atoms with E-state index < -0.39 is 6.10 Å². The average molecular weight is 516 g/mol. The molecular formula is C28H30FN7O2. The fourth-order valence-electron chi connectivity index (χ4n) is 5.19. The Kier molecular flexibility index (Phi) is 5.60. The van der Waals surface area contributed by atoms with E-state index in [1.807, 2.05) is 32.9 Å². The summed E-state index contributed by atoms with van der Waals surface area (Å²) < 4.78 is 17.0. The number of anilines is 3. The molecule has 6 rings (SSSR count). The largest absolute Gasteiger partial charge is 0.386 e. The number of nitrogens with zero attached hydrogens (tertiary/aromatic N) is 5. The molecule has 1 amide bonds. The number of hydrogen-bond donors (Lipinski definition) is 3. The number of aromatic nitrogens is 4. The number of benzene rings is 1. The molecule has 3 aromatic heterocycles. The second-order valence-corrected chi connectivity index (χ2v) is 10.9. The first-order chi connectivity index (χ1) is 18.1. The van der Waals surface area contributed by atoms with Crippen molar-refractivity contribution >= 4 is 34.0 Å². The number of carbonyl (C=O) groups is 1. The number of likely N-dealkylation sites (N-methyl/N-ethyl adjacent to an activating group) is 1. The van der Waals surface area contributed by atoms with Crippen LogP contribution in [-0.2, 0) is 17.8 Å². The lowest BCUT2D eigenvalue weighted by atomic mass is 9.80. The molecule has 0 saturated heterocycles. The van der Waals surface area contributed by atoms with Gasteiger partial charge in [-0.3, -0.25) is 14.5 Å². The summed E-state index contributed by atoms with van der Waals surface area (Å²) >= 11 is 0. The van der Waals surface area contributed by atoms with Gasteiger partial charge in [-0.1, -0.05) is 13.8 Å². The van der Waals surface area contributed by atoms with Crippen LogP contribution in [0.3, 0.4) is 0 Å². The molecular weight excluding hydrogens is 485 g/mol. The standard InChI is InChI=1S/C28H30FN7O2/c1-15-20(12-31-26-25(15)32-14-28(2,3)27(26)38)19-7-16-9-22(30-11-17(16)8-21(19)29)33-23-10-18-5-6-35(4)24(37)13-36(18)34-23/h7-12,27,32,38H,5-6,13-14H2,1-4H3,(H,30,33,34). The van der Waals surface area contributed by atoms with Crippen molar-refractivity contribution in [2.75, 3.05) is 30.8 Å². The van der Waals surface area contributed by atoms with E-state index in [0.717, 1.165) is 28.8 Å². The summed E-state index contributed by atoms with van der Waals surface area (Å²) in [7, 11) is 1.80. The Labute approximate surface area is 219 Å². The van der Waals surface area contributed by atoms with Crippen molar-refractivity contribution in [3.8, 4) is 11.1 Å². The van der Waals surface area contributed by atoms with Gasteiger partial charge in [-0.2, -0.15) is 5.10 Å². The van der Waals surface area contributed by atoms with Crippen molar-refractivity contribution in [2.24, 2.45) is 5.41 Å². The summed E-state index contributed by atoms with van der Waals surface area (Å²) in [4.78, 5) is 22.9. The maximum absolute atomic E-state index is 15.3. The van der Waals surface area contributed by atoms with Gasteiger partial charge in [0.1, 0.15) is 24.3 Å². The third-order valence-electron chi connectivity index (χ3n) is 7.72. The minimum Gasteiger partial charge on any atom is -0.386 e. The van der Waals surface area contributed by atoms with Gasteiger partial charge >= 0.3 is 0 Å². The second kappa shape index (κ2) is 8.76. The fourth-order valence-corrected chi connectivity index (χ4v) is 5.19. The fraction of sp³-hybridized carbons (Fsp3) is 0.357. The van der Waals surface area contributed by atoms with E-state index in [1.165, 1.54) is 6.07 Å². The number of aliphatic hydroxyl groups is 1. The minimum absolute atomic E-state index is 0.0252. The molecule has 1 unspecified atom stereocenters. The number of amides is 1. The zero-order valence-corrected chi connectivity index (χ0v) is 21.8. The Morgan fingerprint density at radius 2 is 1.92 bits per heavy atom. The van der Waals surface area contributed by atoms with E-state index in [1.54, 1.807) is 35.1 Å². The molecule has 2 aliphatic heterocycles. The highest BCUT2D eigenvalue weighted by Gasteiger charge is 2.37. The van der Waals surface area contributed by atoms with Gasteiger partial charge in [-0.25, -0.2) is 9.37 Å². The van der Waals surface area contributed by atoms with E-state index >= 15 is 4.39 Å². The number of aliphatic hydroxyl groups excluding tert-OH is 1. The van der Waals surface area contributed by atoms with Gasteiger partial charge in [0.25, 0.3) is 0 Å². The molecule has 0 bridgehead atoms. The Balaban J connectivity index is 1.33. The molecule has 38 heavy (non-hydrogen) atoms. The average Bonchev–Trinajstić information content (AvgIpc) is 3.19. The molecule has 10 heteroatoms. The van der Waals surface area contributed by atoms with Crippen LogP contribution >= 0.6 is 0 Å². The van der Waals surface area contributed by atoms with Gasteiger partial charge < -0.3 is 20.6 Å². The highest BCUT2D eigenvalue weighted by Crippen LogP contribution is 2.44. The van der Waals surface area contributed by atoms with Gasteiger partial charge in [0.15, 0.2) is 5.82 Å². The summed E-state index contributed by atoms with van der Waals surface area (Å²) in [5, 5.41) is 23.4. The lowest BCUT2D eigenvalue weighted by molar-refractivity contribution is -0.130. The topological polar surface area (TPSA) is 108 Å². The van der Waals surface area contributed by atoms with Gasteiger partial charge in [0.05, 0.1) is 11.4 Å². The Bertz CT molecular complexity index is 1600. The van der Waals surface area contributed by atoms with Gasteiger partial charge in [0.2, 0.25) is 5.91 Å². The van der Waals surface area contributed by atoms with Gasteiger partial charge in [-0.05, 0) is 36.1 Å². The summed E-state index contributed by atoms with van der Waals surface area (Å²) in [6.07, 6.45) is 3.29. The highest BCUT2D eigenvalue weighted by molar-refractivity contribution is 5.90. The Morgan fingerprint density at radius 1 is 1.11 bits per heavy atom. The van der Waals surface area contributed by atoms with Gasteiger partial charge in [0, 0.05) is 72.6 Å². The third-order valence-corrected chi connectivity index (χ3v) is 7.72. The molecule has 1 atom stereocenters. The first-order valence-electron chi connectivity index (χ1n) is 12.7. The molecule has 5 heterocycles. The van der Waals surface area contributed by atoms with E-state index in [2.05, 4.69) is 25.7 Å². The maximum atomic E-state index is 15.3. The summed E-state index contributed by atoms with van der Waals surface area (Å²) in [6, 6.07) is 7.06. The van der Waals surface area contributed by atoms with Crippen LogP contribution in [0.1, 0.15) is 36.9 Å². The van der Waals surface area contributed by atoms with Gasteiger partial charge in [-0.15, -0.1) is 0 Å². The molecule has 2 aliphatic rings. The highest BCUT2D eigenvalue weighted by atomic mass is 19.1. The summed E-state index contributed by atoms with van der Waals surface area (Å²) in [5.74, 6) is 0.832. The minimum atomic E-state index is -0.704.